The molecular weight excluding hydrogens is 444 g/mol. The van der Waals surface area contributed by atoms with E-state index in [2.05, 4.69) is 0 Å². The van der Waals surface area contributed by atoms with Gasteiger partial charge in [0.15, 0.2) is 6.29 Å². The van der Waals surface area contributed by atoms with Crippen LogP contribution in [0.15, 0.2) is 78.9 Å². The smallest absolute Gasteiger partial charge is 0.184 e. The highest BCUT2D eigenvalue weighted by atomic mass is 16.7. The molecule has 3 aromatic carbocycles. The van der Waals surface area contributed by atoms with Gasteiger partial charge in [0.05, 0.1) is 39.1 Å². The molecule has 6 nitrogen and oxygen atoms in total. The number of hydrogen-bond acceptors (Lipinski definition) is 6. The first kappa shape index (κ1) is 25.2. The summed E-state index contributed by atoms with van der Waals surface area (Å²) in [4.78, 5) is 0. The van der Waals surface area contributed by atoms with Crippen LogP contribution in [0, 0.1) is 0 Å². The van der Waals surface area contributed by atoms with Gasteiger partial charge in [-0.3, -0.25) is 0 Å². The van der Waals surface area contributed by atoms with Gasteiger partial charge in [-0.1, -0.05) is 60.7 Å². The lowest BCUT2D eigenvalue weighted by molar-refractivity contribution is -0.300. The maximum atomic E-state index is 11.8. The Labute approximate surface area is 207 Å². The predicted octanol–water partition coefficient (Wildman–Crippen LogP) is 4.91. The van der Waals surface area contributed by atoms with Gasteiger partial charge in [0.25, 0.3) is 0 Å². The number of rotatable bonds is 10. The Morgan fingerprint density at radius 3 is 2.09 bits per heavy atom. The second kappa shape index (κ2) is 11.7. The van der Waals surface area contributed by atoms with Crippen LogP contribution in [0.2, 0.25) is 0 Å². The van der Waals surface area contributed by atoms with Crippen molar-refractivity contribution >= 4 is 0 Å². The lowest BCUT2D eigenvalue weighted by Gasteiger charge is -2.45. The third-order valence-electron chi connectivity index (χ3n) is 6.50. The zero-order valence-electron chi connectivity index (χ0n) is 20.6. The highest BCUT2D eigenvalue weighted by Gasteiger charge is 2.47. The minimum atomic E-state index is -1.19. The van der Waals surface area contributed by atoms with Crippen LogP contribution in [0.1, 0.15) is 30.0 Å². The number of ether oxygens (including phenoxy) is 5. The molecule has 1 aliphatic rings. The van der Waals surface area contributed by atoms with Crippen LogP contribution in [-0.4, -0.2) is 43.4 Å². The van der Waals surface area contributed by atoms with E-state index in [1.165, 1.54) is 0 Å². The summed E-state index contributed by atoms with van der Waals surface area (Å²) in [5, 5.41) is 11.8. The summed E-state index contributed by atoms with van der Waals surface area (Å²) >= 11 is 0. The number of benzene rings is 3. The van der Waals surface area contributed by atoms with Gasteiger partial charge in [0.2, 0.25) is 0 Å². The van der Waals surface area contributed by atoms with Gasteiger partial charge in [-0.15, -0.1) is 0 Å². The van der Waals surface area contributed by atoms with E-state index in [0.717, 1.165) is 16.7 Å². The van der Waals surface area contributed by atoms with Crippen molar-refractivity contribution in [3.8, 4) is 11.5 Å². The lowest BCUT2D eigenvalue weighted by Crippen LogP contribution is -2.57. The van der Waals surface area contributed by atoms with Crippen molar-refractivity contribution in [1.82, 2.24) is 0 Å². The monoisotopic (exact) mass is 478 g/mol. The van der Waals surface area contributed by atoms with Crippen LogP contribution in [0.25, 0.3) is 0 Å². The molecule has 0 spiro atoms. The molecule has 0 amide bonds. The van der Waals surface area contributed by atoms with Crippen molar-refractivity contribution in [2.45, 2.75) is 57.1 Å². The van der Waals surface area contributed by atoms with Gasteiger partial charge >= 0.3 is 0 Å². The van der Waals surface area contributed by atoms with E-state index in [9.17, 15) is 5.11 Å². The third-order valence-corrected chi connectivity index (χ3v) is 6.50. The van der Waals surface area contributed by atoms with E-state index in [-0.39, 0.29) is 0 Å². The molecule has 0 saturated carbocycles. The average Bonchev–Trinajstić information content (AvgIpc) is 2.89. The second-order valence-corrected chi connectivity index (χ2v) is 8.94. The van der Waals surface area contributed by atoms with Crippen LogP contribution in [0.3, 0.4) is 0 Å². The van der Waals surface area contributed by atoms with Crippen LogP contribution >= 0.6 is 0 Å². The van der Waals surface area contributed by atoms with Gasteiger partial charge < -0.3 is 28.8 Å². The largest absolute Gasteiger partial charge is 0.497 e. The van der Waals surface area contributed by atoms with E-state index in [4.69, 9.17) is 23.7 Å². The highest BCUT2D eigenvalue weighted by molar-refractivity contribution is 5.41. The van der Waals surface area contributed by atoms with Gasteiger partial charge in [0, 0.05) is 18.4 Å². The molecule has 0 aromatic heterocycles. The lowest BCUT2D eigenvalue weighted by atomic mass is 9.82. The molecule has 0 bridgehead atoms. The summed E-state index contributed by atoms with van der Waals surface area (Å²) in [6.45, 7) is 2.66. The molecule has 1 fully saturated rings. The fourth-order valence-electron chi connectivity index (χ4n) is 4.41. The van der Waals surface area contributed by atoms with Crippen LogP contribution in [-0.2, 0) is 33.8 Å². The average molecular weight is 479 g/mol. The van der Waals surface area contributed by atoms with Crippen molar-refractivity contribution in [1.29, 1.82) is 0 Å². The Hall–Kier alpha value is -2.90. The van der Waals surface area contributed by atoms with Gasteiger partial charge in [-0.2, -0.15) is 0 Å². The minimum Gasteiger partial charge on any atom is -0.497 e. The van der Waals surface area contributed by atoms with Crippen LogP contribution < -0.4 is 9.47 Å². The molecule has 3 aromatic rings. The maximum absolute atomic E-state index is 11.8. The molecule has 1 heterocycles. The van der Waals surface area contributed by atoms with Crippen LogP contribution in [0.4, 0.5) is 0 Å². The molecule has 35 heavy (non-hydrogen) atoms. The van der Waals surface area contributed by atoms with Gasteiger partial charge in [0.1, 0.15) is 17.6 Å². The summed E-state index contributed by atoms with van der Waals surface area (Å²) in [5.74, 6) is 1.39. The zero-order chi connectivity index (χ0) is 24.7. The van der Waals surface area contributed by atoms with E-state index >= 15 is 0 Å². The Kier molecular flexibility index (Phi) is 8.42. The molecule has 1 saturated heterocycles. The Morgan fingerprint density at radius 2 is 1.49 bits per heavy atom. The Bertz CT molecular complexity index is 1060. The van der Waals surface area contributed by atoms with E-state index in [0.29, 0.717) is 37.6 Å². The second-order valence-electron chi connectivity index (χ2n) is 8.94. The van der Waals surface area contributed by atoms with E-state index < -0.39 is 24.1 Å². The maximum Gasteiger partial charge on any atom is 0.184 e. The molecule has 186 valence electrons. The molecule has 0 aliphatic carbocycles. The molecule has 0 radical (unpaired) electrons. The topological polar surface area (TPSA) is 66.4 Å². The fraction of sp³-hybridized carbons (Fsp3) is 0.379. The van der Waals surface area contributed by atoms with Gasteiger partial charge in [-0.25, -0.2) is 0 Å². The summed E-state index contributed by atoms with van der Waals surface area (Å²) < 4.78 is 29.6. The molecule has 4 rings (SSSR count). The van der Waals surface area contributed by atoms with Crippen molar-refractivity contribution in [3.05, 3.63) is 95.6 Å². The van der Waals surface area contributed by atoms with Crippen molar-refractivity contribution < 1.29 is 28.8 Å². The fourth-order valence-corrected chi connectivity index (χ4v) is 4.41. The summed E-state index contributed by atoms with van der Waals surface area (Å²) in [6.07, 6.45) is -0.889. The number of hydrogen-bond donors (Lipinski definition) is 1. The first-order valence-corrected chi connectivity index (χ1v) is 11.9. The number of aliphatic hydroxyl groups is 1. The molecule has 1 N–H and O–H groups in total. The Morgan fingerprint density at radius 1 is 0.857 bits per heavy atom. The molecule has 6 heteroatoms. The van der Waals surface area contributed by atoms with E-state index in [1.54, 1.807) is 14.2 Å². The third kappa shape index (κ3) is 6.41. The van der Waals surface area contributed by atoms with E-state index in [1.807, 2.05) is 85.8 Å². The van der Waals surface area contributed by atoms with Crippen LogP contribution in [0.5, 0.6) is 11.5 Å². The van der Waals surface area contributed by atoms with Crippen molar-refractivity contribution in [2.75, 3.05) is 14.2 Å². The predicted molar refractivity (Wildman–Crippen MR) is 133 cm³/mol. The first-order valence-electron chi connectivity index (χ1n) is 11.9. The summed E-state index contributed by atoms with van der Waals surface area (Å²) in [6, 6.07) is 25.5. The molecular formula is C29H34O6. The molecule has 1 aliphatic heterocycles. The van der Waals surface area contributed by atoms with Gasteiger partial charge in [-0.05, 0) is 36.2 Å². The highest BCUT2D eigenvalue weighted by Crippen LogP contribution is 2.37. The quantitative estimate of drug-likeness (QED) is 0.447. The SMILES string of the molecule is COc1ccc(OC)c(C[C@]2(O)C[C@@H](OCc3ccccc3)[C@H](OCc3ccccc3)O[C@H]2C)c1. The normalized spacial score (nSPS) is 24.2. The summed E-state index contributed by atoms with van der Waals surface area (Å²) in [5.41, 5.74) is 1.75. The first-order chi connectivity index (χ1) is 17.0. The standard InChI is InChI=1S/C29H34O6/c1-21-29(30,17-24-16-25(31-2)14-15-26(24)32-3)18-27(33-19-22-10-6-4-7-11-22)28(35-21)34-20-23-12-8-5-9-13-23/h4-16,21,27-28,30H,17-20H2,1-3H3/t21-,27+,28+,29-/m0/s1. The van der Waals surface area contributed by atoms with Crippen molar-refractivity contribution in [3.63, 3.8) is 0 Å². The van der Waals surface area contributed by atoms with Crippen molar-refractivity contribution in [2.24, 2.45) is 0 Å². The minimum absolute atomic E-state index is 0.325. The molecule has 4 atom stereocenters. The number of methoxy groups -OCH3 is 2. The Balaban J connectivity index is 1.53. The summed E-state index contributed by atoms with van der Waals surface area (Å²) in [7, 11) is 3.24. The molecule has 0 unspecified atom stereocenters. The zero-order valence-corrected chi connectivity index (χ0v) is 20.6.